The standard InChI is InChI=1S/C22H20F2N2O2S/c23-22(24)28-17-8-5-15(6-9-17)7-10-20(27)26-13-11-16(12-14-26)21-25-18-3-1-2-4-19(18)29-21/h1-10,16,22H,11-14H2. The third-order valence-corrected chi connectivity index (χ3v) is 6.19. The van der Waals surface area contributed by atoms with Crippen LogP contribution in [0.5, 0.6) is 5.75 Å². The molecule has 2 heterocycles. The van der Waals surface area contributed by atoms with Crippen LogP contribution in [0.2, 0.25) is 0 Å². The Kier molecular flexibility index (Phi) is 5.85. The quantitative estimate of drug-likeness (QED) is 0.531. The van der Waals surface area contributed by atoms with E-state index in [0.717, 1.165) is 28.9 Å². The molecule has 29 heavy (non-hydrogen) atoms. The van der Waals surface area contributed by atoms with E-state index in [9.17, 15) is 13.6 Å². The van der Waals surface area contributed by atoms with E-state index in [4.69, 9.17) is 4.98 Å². The van der Waals surface area contributed by atoms with Crippen LogP contribution in [0.15, 0.2) is 54.6 Å². The van der Waals surface area contributed by atoms with Crippen LogP contribution in [0.3, 0.4) is 0 Å². The highest BCUT2D eigenvalue weighted by atomic mass is 32.1. The fourth-order valence-corrected chi connectivity index (χ4v) is 4.58. The van der Waals surface area contributed by atoms with Gasteiger partial charge < -0.3 is 9.64 Å². The van der Waals surface area contributed by atoms with Gasteiger partial charge >= 0.3 is 6.61 Å². The average Bonchev–Trinajstić information content (AvgIpc) is 3.17. The fourth-order valence-electron chi connectivity index (χ4n) is 3.44. The lowest BCUT2D eigenvalue weighted by Crippen LogP contribution is -2.36. The van der Waals surface area contributed by atoms with Crippen molar-refractivity contribution in [1.29, 1.82) is 0 Å². The molecule has 0 unspecified atom stereocenters. The van der Waals surface area contributed by atoms with E-state index in [1.807, 2.05) is 23.1 Å². The minimum absolute atomic E-state index is 0.0411. The molecule has 4 rings (SSSR count). The first-order valence-corrected chi connectivity index (χ1v) is 10.3. The van der Waals surface area contributed by atoms with Crippen molar-refractivity contribution in [2.45, 2.75) is 25.4 Å². The molecule has 1 fully saturated rings. The van der Waals surface area contributed by atoms with Gasteiger partial charge in [0.2, 0.25) is 5.91 Å². The van der Waals surface area contributed by atoms with Gasteiger partial charge in [-0.15, -0.1) is 11.3 Å². The van der Waals surface area contributed by atoms with Gasteiger partial charge in [-0.3, -0.25) is 4.79 Å². The predicted octanol–water partition coefficient (Wildman–Crippen LogP) is 5.32. The number of aromatic nitrogens is 1. The highest BCUT2D eigenvalue weighted by Crippen LogP contribution is 2.33. The summed E-state index contributed by atoms with van der Waals surface area (Å²) in [6, 6.07) is 14.3. The molecule has 7 heteroatoms. The second-order valence-electron chi connectivity index (χ2n) is 6.90. The van der Waals surface area contributed by atoms with Crippen LogP contribution >= 0.6 is 11.3 Å². The van der Waals surface area contributed by atoms with Crippen molar-refractivity contribution in [1.82, 2.24) is 9.88 Å². The molecule has 1 aliphatic heterocycles. The number of thiazole rings is 1. The van der Waals surface area contributed by atoms with Crippen molar-refractivity contribution in [3.05, 3.63) is 65.2 Å². The first kappa shape index (κ1) is 19.5. The SMILES string of the molecule is O=C(C=Cc1ccc(OC(F)F)cc1)N1CCC(c2nc3ccccc3s2)CC1. The molecule has 0 atom stereocenters. The van der Waals surface area contributed by atoms with E-state index in [0.29, 0.717) is 19.0 Å². The van der Waals surface area contributed by atoms with Gasteiger partial charge in [0.25, 0.3) is 0 Å². The summed E-state index contributed by atoms with van der Waals surface area (Å²) in [5.74, 6) is 0.448. The number of benzene rings is 2. The summed E-state index contributed by atoms with van der Waals surface area (Å²) in [7, 11) is 0. The normalized spacial score (nSPS) is 15.5. The second-order valence-corrected chi connectivity index (χ2v) is 7.96. The summed E-state index contributed by atoms with van der Waals surface area (Å²) in [4.78, 5) is 19.1. The number of carbonyl (C=O) groups is 1. The fraction of sp³-hybridized carbons (Fsp3) is 0.273. The van der Waals surface area contributed by atoms with E-state index in [1.165, 1.54) is 22.9 Å². The molecule has 2 aromatic carbocycles. The Balaban J connectivity index is 1.32. The molecule has 150 valence electrons. The summed E-state index contributed by atoms with van der Waals surface area (Å²) in [5, 5.41) is 1.15. The number of likely N-dealkylation sites (tertiary alicyclic amines) is 1. The van der Waals surface area contributed by atoms with Gasteiger partial charge in [0.05, 0.1) is 15.2 Å². The monoisotopic (exact) mass is 414 g/mol. The maximum Gasteiger partial charge on any atom is 0.387 e. The number of halogens is 2. The zero-order chi connectivity index (χ0) is 20.2. The zero-order valence-corrected chi connectivity index (χ0v) is 16.4. The van der Waals surface area contributed by atoms with Crippen molar-refractivity contribution in [2.24, 2.45) is 0 Å². The van der Waals surface area contributed by atoms with Gasteiger partial charge in [-0.1, -0.05) is 24.3 Å². The molecule has 0 aliphatic carbocycles. The summed E-state index contributed by atoms with van der Waals surface area (Å²) >= 11 is 1.74. The largest absolute Gasteiger partial charge is 0.435 e. The zero-order valence-electron chi connectivity index (χ0n) is 15.6. The molecule has 0 N–H and O–H groups in total. The Hall–Kier alpha value is -2.80. The lowest BCUT2D eigenvalue weighted by atomic mass is 9.97. The highest BCUT2D eigenvalue weighted by Gasteiger charge is 2.25. The molecule has 1 amide bonds. The third kappa shape index (κ3) is 4.79. The molecule has 0 saturated carbocycles. The van der Waals surface area contributed by atoms with E-state index >= 15 is 0 Å². The number of rotatable bonds is 5. The van der Waals surface area contributed by atoms with E-state index in [1.54, 1.807) is 29.5 Å². The van der Waals surface area contributed by atoms with Crippen LogP contribution in [0.4, 0.5) is 8.78 Å². The van der Waals surface area contributed by atoms with Gasteiger partial charge in [0, 0.05) is 25.1 Å². The van der Waals surface area contributed by atoms with Crippen LogP contribution in [0.1, 0.15) is 29.3 Å². The Morgan fingerprint density at radius 2 is 1.86 bits per heavy atom. The lowest BCUT2D eigenvalue weighted by molar-refractivity contribution is -0.126. The van der Waals surface area contributed by atoms with Crippen molar-refractivity contribution < 1.29 is 18.3 Å². The molecule has 3 aromatic rings. The Morgan fingerprint density at radius 1 is 1.14 bits per heavy atom. The van der Waals surface area contributed by atoms with Crippen LogP contribution in [0, 0.1) is 0 Å². The number of amides is 1. The van der Waals surface area contributed by atoms with E-state index < -0.39 is 6.61 Å². The summed E-state index contributed by atoms with van der Waals surface area (Å²) in [6.45, 7) is -1.45. The maximum absolute atomic E-state index is 12.5. The van der Waals surface area contributed by atoms with Gasteiger partial charge in [0.1, 0.15) is 5.75 Å². The van der Waals surface area contributed by atoms with Crippen LogP contribution < -0.4 is 4.74 Å². The average molecular weight is 414 g/mol. The molecule has 4 nitrogen and oxygen atoms in total. The molecule has 1 saturated heterocycles. The number of piperidine rings is 1. The number of ether oxygens (including phenoxy) is 1. The molecule has 0 spiro atoms. The van der Waals surface area contributed by atoms with Crippen molar-refractivity contribution in [3.8, 4) is 5.75 Å². The third-order valence-electron chi connectivity index (χ3n) is 4.99. The number of hydrogen-bond donors (Lipinski definition) is 0. The van der Waals surface area contributed by atoms with Crippen molar-refractivity contribution in [2.75, 3.05) is 13.1 Å². The first-order valence-electron chi connectivity index (χ1n) is 9.46. The van der Waals surface area contributed by atoms with Gasteiger partial charge in [-0.05, 0) is 48.7 Å². The van der Waals surface area contributed by atoms with E-state index in [-0.39, 0.29) is 11.7 Å². The Morgan fingerprint density at radius 3 is 2.55 bits per heavy atom. The number of hydrogen-bond acceptors (Lipinski definition) is 4. The highest BCUT2D eigenvalue weighted by molar-refractivity contribution is 7.18. The lowest BCUT2D eigenvalue weighted by Gasteiger charge is -2.30. The molecule has 1 aromatic heterocycles. The summed E-state index contributed by atoms with van der Waals surface area (Å²) in [6.07, 6.45) is 5.02. The van der Waals surface area contributed by atoms with Gasteiger partial charge in [-0.2, -0.15) is 8.78 Å². The smallest absolute Gasteiger partial charge is 0.387 e. The van der Waals surface area contributed by atoms with Crippen LogP contribution in [0.25, 0.3) is 16.3 Å². The van der Waals surface area contributed by atoms with Crippen LogP contribution in [-0.2, 0) is 4.79 Å². The number of para-hydroxylation sites is 1. The number of alkyl halides is 2. The number of fused-ring (bicyclic) bond motifs is 1. The number of carbonyl (C=O) groups excluding carboxylic acids is 1. The Bertz CT molecular complexity index is 976. The second kappa shape index (κ2) is 8.69. The minimum atomic E-state index is -2.84. The molecular formula is C22H20F2N2O2S. The maximum atomic E-state index is 12.5. The topological polar surface area (TPSA) is 42.4 Å². The van der Waals surface area contributed by atoms with Crippen molar-refractivity contribution in [3.63, 3.8) is 0 Å². The van der Waals surface area contributed by atoms with Crippen LogP contribution in [-0.4, -0.2) is 35.5 Å². The molecule has 0 radical (unpaired) electrons. The predicted molar refractivity (Wildman–Crippen MR) is 110 cm³/mol. The molecular weight excluding hydrogens is 394 g/mol. The summed E-state index contributed by atoms with van der Waals surface area (Å²) < 4.78 is 29.9. The minimum Gasteiger partial charge on any atom is -0.435 e. The molecule has 1 aliphatic rings. The number of nitrogens with zero attached hydrogens (tertiary/aromatic N) is 2. The molecule has 0 bridgehead atoms. The summed E-state index contributed by atoms with van der Waals surface area (Å²) in [5.41, 5.74) is 1.79. The Labute approximate surface area is 171 Å². The van der Waals surface area contributed by atoms with E-state index in [2.05, 4.69) is 10.8 Å². The van der Waals surface area contributed by atoms with Crippen molar-refractivity contribution >= 4 is 33.5 Å². The first-order chi connectivity index (χ1) is 14.1. The van der Waals surface area contributed by atoms with Gasteiger partial charge in [-0.25, -0.2) is 4.98 Å². The van der Waals surface area contributed by atoms with Gasteiger partial charge in [0.15, 0.2) is 0 Å².